The van der Waals surface area contributed by atoms with Gasteiger partial charge in [0.25, 0.3) is 0 Å². The molecule has 0 bridgehead atoms. The molecular formula is C15H26N2O3. The van der Waals surface area contributed by atoms with Gasteiger partial charge in [-0.3, -0.25) is 0 Å². The number of benzene rings is 1. The lowest BCUT2D eigenvalue weighted by molar-refractivity contribution is 0.0613. The van der Waals surface area contributed by atoms with Crippen LogP contribution in [-0.4, -0.2) is 56.1 Å². The Hall–Kier alpha value is -1.14. The Morgan fingerprint density at radius 3 is 2.60 bits per heavy atom. The normalized spacial score (nSPS) is 12.7. The molecule has 5 heteroatoms. The van der Waals surface area contributed by atoms with Gasteiger partial charge in [-0.15, -0.1) is 0 Å². The maximum Gasteiger partial charge on any atom is 0.119 e. The molecule has 0 heterocycles. The minimum absolute atomic E-state index is 0.279. The van der Waals surface area contributed by atoms with Crippen LogP contribution in [0.1, 0.15) is 12.5 Å². The molecule has 0 fully saturated rings. The fourth-order valence-electron chi connectivity index (χ4n) is 1.78. The zero-order valence-electron chi connectivity index (χ0n) is 12.4. The highest BCUT2D eigenvalue weighted by atomic mass is 16.5. The number of hydrogen-bond acceptors (Lipinski definition) is 5. The summed E-state index contributed by atoms with van der Waals surface area (Å²) < 4.78 is 10.8. The van der Waals surface area contributed by atoms with E-state index in [1.807, 2.05) is 43.1 Å². The summed E-state index contributed by atoms with van der Waals surface area (Å²) in [5.41, 5.74) is 6.59. The highest BCUT2D eigenvalue weighted by Gasteiger charge is 2.09. The summed E-state index contributed by atoms with van der Waals surface area (Å²) >= 11 is 0. The molecule has 0 aliphatic rings. The maximum absolute atomic E-state index is 9.91. The summed E-state index contributed by atoms with van der Waals surface area (Å²) in [7, 11) is 1.96. The average molecular weight is 282 g/mol. The first-order chi connectivity index (χ1) is 9.65. The van der Waals surface area contributed by atoms with E-state index in [1.54, 1.807) is 0 Å². The topological polar surface area (TPSA) is 68.0 Å². The van der Waals surface area contributed by atoms with E-state index >= 15 is 0 Å². The third-order valence-corrected chi connectivity index (χ3v) is 2.95. The molecule has 0 spiro atoms. The summed E-state index contributed by atoms with van der Waals surface area (Å²) in [4.78, 5) is 2.03. The molecule has 0 radical (unpaired) electrons. The van der Waals surface area contributed by atoms with Crippen molar-refractivity contribution >= 4 is 0 Å². The Morgan fingerprint density at radius 2 is 2.00 bits per heavy atom. The van der Waals surface area contributed by atoms with Crippen LogP contribution in [0.15, 0.2) is 24.3 Å². The number of rotatable bonds is 10. The smallest absolute Gasteiger partial charge is 0.119 e. The summed E-state index contributed by atoms with van der Waals surface area (Å²) in [6.07, 6.45) is -0.518. The van der Waals surface area contributed by atoms with Crippen LogP contribution in [-0.2, 0) is 11.3 Å². The Kier molecular flexibility index (Phi) is 8.22. The number of likely N-dealkylation sites (N-methyl/N-ethyl adjacent to an activating group) is 1. The number of hydrogen-bond donors (Lipinski definition) is 2. The molecule has 114 valence electrons. The first-order valence-corrected chi connectivity index (χ1v) is 7.01. The molecule has 3 N–H and O–H groups in total. The number of aliphatic hydroxyl groups excluding tert-OH is 1. The molecule has 0 aromatic heterocycles. The lowest BCUT2D eigenvalue weighted by Gasteiger charge is -2.20. The molecule has 0 saturated heterocycles. The molecule has 0 saturated carbocycles. The number of nitrogens with two attached hydrogens (primary N) is 1. The van der Waals surface area contributed by atoms with Gasteiger partial charge >= 0.3 is 0 Å². The first-order valence-electron chi connectivity index (χ1n) is 7.01. The van der Waals surface area contributed by atoms with Crippen molar-refractivity contribution in [3.63, 3.8) is 0 Å². The van der Waals surface area contributed by atoms with Gasteiger partial charge in [-0.1, -0.05) is 12.1 Å². The van der Waals surface area contributed by atoms with E-state index in [4.69, 9.17) is 15.2 Å². The number of aliphatic hydroxyl groups is 1. The van der Waals surface area contributed by atoms with E-state index in [2.05, 4.69) is 0 Å². The molecule has 1 unspecified atom stereocenters. The van der Waals surface area contributed by atoms with E-state index in [-0.39, 0.29) is 6.61 Å². The quantitative estimate of drug-likeness (QED) is 0.623. The molecule has 1 aromatic carbocycles. The summed E-state index contributed by atoms with van der Waals surface area (Å²) in [6, 6.07) is 7.59. The third kappa shape index (κ3) is 6.86. The number of nitrogens with zero attached hydrogens (tertiary/aromatic N) is 1. The Morgan fingerprint density at radius 1 is 1.30 bits per heavy atom. The zero-order chi connectivity index (χ0) is 14.8. The largest absolute Gasteiger partial charge is 0.491 e. The van der Waals surface area contributed by atoms with E-state index in [0.717, 1.165) is 24.5 Å². The molecule has 0 aliphatic carbocycles. The van der Waals surface area contributed by atoms with Crippen molar-refractivity contribution < 1.29 is 14.6 Å². The van der Waals surface area contributed by atoms with Crippen molar-refractivity contribution in [1.29, 1.82) is 0 Å². The van der Waals surface area contributed by atoms with Gasteiger partial charge in [-0.25, -0.2) is 0 Å². The van der Waals surface area contributed by atoms with Gasteiger partial charge in [0.1, 0.15) is 18.5 Å². The Balaban J connectivity index is 2.22. The second kappa shape index (κ2) is 9.72. The second-order valence-electron chi connectivity index (χ2n) is 4.77. The first kappa shape index (κ1) is 16.9. The summed E-state index contributed by atoms with van der Waals surface area (Å²) in [5.74, 6) is 0.748. The minimum atomic E-state index is -0.518. The van der Waals surface area contributed by atoms with Crippen molar-refractivity contribution in [2.24, 2.45) is 5.73 Å². The number of ether oxygens (including phenoxy) is 2. The molecule has 0 aliphatic heterocycles. The summed E-state index contributed by atoms with van der Waals surface area (Å²) in [6.45, 7) is 5.54. The van der Waals surface area contributed by atoms with Crippen molar-refractivity contribution in [3.8, 4) is 5.75 Å². The molecule has 0 amide bonds. The van der Waals surface area contributed by atoms with Crippen LogP contribution in [0, 0.1) is 0 Å². The van der Waals surface area contributed by atoms with E-state index < -0.39 is 6.10 Å². The molecule has 1 rings (SSSR count). The molecule has 5 nitrogen and oxygen atoms in total. The predicted molar refractivity (Wildman–Crippen MR) is 79.8 cm³/mol. The third-order valence-electron chi connectivity index (χ3n) is 2.95. The van der Waals surface area contributed by atoms with Gasteiger partial charge < -0.3 is 25.2 Å². The van der Waals surface area contributed by atoms with Crippen LogP contribution in [0.4, 0.5) is 0 Å². The van der Waals surface area contributed by atoms with Gasteiger partial charge in [-0.05, 0) is 31.7 Å². The van der Waals surface area contributed by atoms with E-state index in [1.165, 1.54) is 0 Å². The van der Waals surface area contributed by atoms with Crippen LogP contribution in [0.25, 0.3) is 0 Å². The van der Waals surface area contributed by atoms with Crippen molar-refractivity contribution in [3.05, 3.63) is 29.8 Å². The van der Waals surface area contributed by atoms with Crippen LogP contribution in [0.2, 0.25) is 0 Å². The van der Waals surface area contributed by atoms with Gasteiger partial charge in [0.2, 0.25) is 0 Å². The van der Waals surface area contributed by atoms with Gasteiger partial charge in [0, 0.05) is 26.2 Å². The molecular weight excluding hydrogens is 256 g/mol. The summed E-state index contributed by atoms with van der Waals surface area (Å²) in [5, 5.41) is 9.91. The van der Waals surface area contributed by atoms with Crippen LogP contribution in [0.5, 0.6) is 5.75 Å². The van der Waals surface area contributed by atoms with E-state index in [0.29, 0.717) is 19.7 Å². The van der Waals surface area contributed by atoms with E-state index in [9.17, 15) is 5.11 Å². The van der Waals surface area contributed by atoms with Gasteiger partial charge in [-0.2, -0.15) is 0 Å². The van der Waals surface area contributed by atoms with Gasteiger partial charge in [0.05, 0.1) is 6.61 Å². The monoisotopic (exact) mass is 282 g/mol. The average Bonchev–Trinajstić information content (AvgIpc) is 2.46. The Labute approximate surface area is 121 Å². The van der Waals surface area contributed by atoms with Crippen LogP contribution in [0.3, 0.4) is 0 Å². The molecule has 1 atom stereocenters. The van der Waals surface area contributed by atoms with Crippen molar-refractivity contribution in [2.45, 2.75) is 19.6 Å². The fourth-order valence-corrected chi connectivity index (χ4v) is 1.78. The van der Waals surface area contributed by atoms with Gasteiger partial charge in [0.15, 0.2) is 0 Å². The molecule has 20 heavy (non-hydrogen) atoms. The van der Waals surface area contributed by atoms with Crippen molar-refractivity contribution in [2.75, 3.05) is 40.0 Å². The SMILES string of the molecule is CCOCCN(C)CC(O)COc1ccc(CN)cc1. The van der Waals surface area contributed by atoms with Crippen LogP contribution >= 0.6 is 0 Å². The predicted octanol–water partition coefficient (Wildman–Crippen LogP) is 0.853. The highest BCUT2D eigenvalue weighted by Crippen LogP contribution is 2.12. The lowest BCUT2D eigenvalue weighted by atomic mass is 10.2. The fraction of sp³-hybridized carbons (Fsp3) is 0.600. The highest BCUT2D eigenvalue weighted by molar-refractivity contribution is 5.27. The second-order valence-corrected chi connectivity index (χ2v) is 4.77. The maximum atomic E-state index is 9.91. The van der Waals surface area contributed by atoms with Crippen LogP contribution < -0.4 is 10.5 Å². The Bertz CT molecular complexity index is 357. The van der Waals surface area contributed by atoms with Crippen molar-refractivity contribution in [1.82, 2.24) is 4.90 Å². The standard InChI is InChI=1S/C15H26N2O3/c1-3-19-9-8-17(2)11-14(18)12-20-15-6-4-13(10-16)5-7-15/h4-7,14,18H,3,8-12,16H2,1-2H3. The minimum Gasteiger partial charge on any atom is -0.491 e. The lowest BCUT2D eigenvalue weighted by Crippen LogP contribution is -2.35. The molecule has 1 aromatic rings. The zero-order valence-corrected chi connectivity index (χ0v) is 12.4.